The van der Waals surface area contributed by atoms with Gasteiger partial charge in [-0.25, -0.2) is 9.18 Å². The summed E-state index contributed by atoms with van der Waals surface area (Å²) in [4.78, 5) is 35.5. The van der Waals surface area contributed by atoms with Crippen LogP contribution in [0.4, 0.5) is 4.39 Å². The van der Waals surface area contributed by atoms with Crippen molar-refractivity contribution in [3.8, 4) is 11.5 Å². The van der Waals surface area contributed by atoms with Gasteiger partial charge in [0.1, 0.15) is 12.4 Å². The highest BCUT2D eigenvalue weighted by Crippen LogP contribution is 2.16. The zero-order valence-electron chi connectivity index (χ0n) is 15.3. The first-order valence-corrected chi connectivity index (χ1v) is 8.57. The van der Waals surface area contributed by atoms with Gasteiger partial charge in [0.2, 0.25) is 11.8 Å². The third-order valence-electron chi connectivity index (χ3n) is 4.14. The third-order valence-corrected chi connectivity index (χ3v) is 4.14. The molecule has 7 nitrogen and oxygen atoms in total. The molecule has 3 rings (SSSR count). The monoisotopic (exact) mass is 383 g/mol. The lowest BCUT2D eigenvalue weighted by Crippen LogP contribution is -2.24. The average Bonchev–Trinajstić information content (AvgIpc) is 3.02. The molecule has 144 valence electrons. The van der Waals surface area contributed by atoms with Crippen LogP contribution < -0.4 is 11.1 Å². The van der Waals surface area contributed by atoms with Crippen molar-refractivity contribution < 1.29 is 18.4 Å². The summed E-state index contributed by atoms with van der Waals surface area (Å²) in [6.07, 6.45) is 0. The molecule has 1 amide bonds. The average molecular weight is 383 g/mol. The van der Waals surface area contributed by atoms with E-state index in [9.17, 15) is 18.8 Å². The summed E-state index contributed by atoms with van der Waals surface area (Å²) in [5.41, 5.74) is 1.68. The summed E-state index contributed by atoms with van der Waals surface area (Å²) in [5.74, 6) is -1.65. The summed E-state index contributed by atoms with van der Waals surface area (Å²) >= 11 is 0. The quantitative estimate of drug-likeness (QED) is 0.661. The first-order valence-electron chi connectivity index (χ1n) is 8.57. The van der Waals surface area contributed by atoms with E-state index < -0.39 is 11.6 Å². The van der Waals surface area contributed by atoms with Gasteiger partial charge in [0.15, 0.2) is 5.78 Å². The molecule has 0 bridgehead atoms. The molecule has 0 aliphatic carbocycles. The maximum absolute atomic E-state index is 13.0. The molecule has 2 aromatic carbocycles. The molecular weight excluding hydrogens is 365 g/mol. The van der Waals surface area contributed by atoms with Crippen LogP contribution in [0.5, 0.6) is 0 Å². The minimum absolute atomic E-state index is 0.0114. The number of hydrogen-bond donors (Lipinski definition) is 1. The Morgan fingerprint density at radius 2 is 1.79 bits per heavy atom. The van der Waals surface area contributed by atoms with Gasteiger partial charge in [-0.3, -0.25) is 9.59 Å². The van der Waals surface area contributed by atoms with Crippen molar-refractivity contribution in [3.63, 3.8) is 0 Å². The van der Waals surface area contributed by atoms with Gasteiger partial charge in [0.05, 0.1) is 6.04 Å². The van der Waals surface area contributed by atoms with Gasteiger partial charge in [-0.15, -0.1) is 5.10 Å². The highest BCUT2D eigenvalue weighted by atomic mass is 19.1. The maximum atomic E-state index is 13.0. The fraction of sp³-hybridized carbons (Fsp3) is 0.200. The number of carbonyl (C=O) groups is 2. The number of halogens is 1. The van der Waals surface area contributed by atoms with E-state index in [0.29, 0.717) is 11.1 Å². The first kappa shape index (κ1) is 19.2. The second-order valence-corrected chi connectivity index (χ2v) is 6.31. The summed E-state index contributed by atoms with van der Waals surface area (Å²) < 4.78 is 19.0. The fourth-order valence-electron chi connectivity index (χ4n) is 2.69. The molecule has 0 saturated carbocycles. The fourth-order valence-corrected chi connectivity index (χ4v) is 2.69. The van der Waals surface area contributed by atoms with Crippen LogP contribution in [0, 0.1) is 5.82 Å². The van der Waals surface area contributed by atoms with Gasteiger partial charge in [-0.05, 0) is 36.8 Å². The van der Waals surface area contributed by atoms with E-state index in [1.165, 1.54) is 31.2 Å². The molecule has 0 radical (unpaired) electrons. The largest absolute Gasteiger partial charge is 0.437 e. The molecule has 8 heteroatoms. The Hall–Kier alpha value is -3.55. The van der Waals surface area contributed by atoms with Crippen molar-refractivity contribution in [2.24, 2.45) is 0 Å². The number of amides is 1. The van der Waals surface area contributed by atoms with Crippen LogP contribution in [0.3, 0.4) is 0 Å². The normalized spacial score (nSPS) is 11.8. The molecule has 0 unspecified atom stereocenters. The van der Waals surface area contributed by atoms with Crippen LogP contribution in [0.15, 0.2) is 57.7 Å². The van der Waals surface area contributed by atoms with Crippen LogP contribution in [-0.4, -0.2) is 21.5 Å². The third kappa shape index (κ3) is 4.40. The number of ketones is 1. The molecule has 1 N–H and O–H groups in total. The predicted molar refractivity (Wildman–Crippen MR) is 99.2 cm³/mol. The van der Waals surface area contributed by atoms with Crippen molar-refractivity contribution in [2.75, 3.05) is 0 Å². The summed E-state index contributed by atoms with van der Waals surface area (Å²) in [6, 6.07) is 11.9. The van der Waals surface area contributed by atoms with Crippen molar-refractivity contribution in [3.05, 3.63) is 76.0 Å². The van der Waals surface area contributed by atoms with Gasteiger partial charge < -0.3 is 9.73 Å². The van der Waals surface area contributed by atoms with Crippen LogP contribution in [0.2, 0.25) is 0 Å². The molecule has 28 heavy (non-hydrogen) atoms. The molecule has 3 aromatic rings. The van der Waals surface area contributed by atoms with Gasteiger partial charge >= 0.3 is 5.76 Å². The second-order valence-electron chi connectivity index (χ2n) is 6.31. The second kappa shape index (κ2) is 7.99. The van der Waals surface area contributed by atoms with Gasteiger partial charge in [0, 0.05) is 18.1 Å². The van der Waals surface area contributed by atoms with Crippen LogP contribution in [0.1, 0.15) is 35.8 Å². The number of benzene rings is 2. The SMILES string of the molecule is CC(=O)N[C@@H](C)c1ccc(C(=O)Cn2nc(-c3ccc(F)cc3)oc2=O)cc1. The highest BCUT2D eigenvalue weighted by molar-refractivity contribution is 5.95. The standard InChI is InChI=1S/C20H18FN3O4/c1-12(22-13(2)25)14-3-5-15(6-4-14)18(26)11-24-20(27)28-19(23-24)16-7-9-17(21)10-8-16/h3-10,12H,11H2,1-2H3,(H,22,25)/t12-/m0/s1. The highest BCUT2D eigenvalue weighted by Gasteiger charge is 2.15. The summed E-state index contributed by atoms with van der Waals surface area (Å²) in [7, 11) is 0. The van der Waals surface area contributed by atoms with Crippen molar-refractivity contribution in [1.82, 2.24) is 15.1 Å². The van der Waals surface area contributed by atoms with E-state index in [-0.39, 0.29) is 30.2 Å². The van der Waals surface area contributed by atoms with E-state index in [1.807, 2.05) is 6.92 Å². The lowest BCUT2D eigenvalue weighted by Gasteiger charge is -2.13. The molecule has 0 spiro atoms. The minimum Gasteiger partial charge on any atom is -0.388 e. The Kier molecular flexibility index (Phi) is 5.49. The van der Waals surface area contributed by atoms with Crippen molar-refractivity contribution >= 4 is 11.7 Å². The zero-order chi connectivity index (χ0) is 20.3. The van der Waals surface area contributed by atoms with E-state index in [2.05, 4.69) is 10.4 Å². The Labute approximate surface area is 159 Å². The Balaban J connectivity index is 1.73. The topological polar surface area (TPSA) is 94.2 Å². The van der Waals surface area contributed by atoms with E-state index >= 15 is 0 Å². The lowest BCUT2D eigenvalue weighted by atomic mass is 10.0. The zero-order valence-corrected chi connectivity index (χ0v) is 15.3. The molecule has 1 atom stereocenters. The number of nitrogens with zero attached hydrogens (tertiary/aromatic N) is 2. The smallest absolute Gasteiger partial charge is 0.388 e. The van der Waals surface area contributed by atoms with Gasteiger partial charge in [-0.1, -0.05) is 24.3 Å². The number of rotatable bonds is 6. The Bertz CT molecular complexity index is 1050. The number of nitrogens with one attached hydrogen (secondary N) is 1. The van der Waals surface area contributed by atoms with E-state index in [1.54, 1.807) is 24.3 Å². The molecule has 0 saturated heterocycles. The molecular formula is C20H18FN3O4. The van der Waals surface area contributed by atoms with Crippen molar-refractivity contribution in [1.29, 1.82) is 0 Å². The molecule has 0 aliphatic heterocycles. The number of aromatic nitrogens is 2. The van der Waals surface area contributed by atoms with Crippen molar-refractivity contribution in [2.45, 2.75) is 26.4 Å². The molecule has 1 heterocycles. The van der Waals surface area contributed by atoms with Gasteiger partial charge in [0.25, 0.3) is 0 Å². The van der Waals surface area contributed by atoms with E-state index in [0.717, 1.165) is 10.2 Å². The minimum atomic E-state index is -0.774. The Morgan fingerprint density at radius 1 is 1.14 bits per heavy atom. The van der Waals surface area contributed by atoms with Crippen LogP contribution in [0.25, 0.3) is 11.5 Å². The molecule has 0 aliphatic rings. The number of carbonyl (C=O) groups excluding carboxylic acids is 2. The number of hydrogen-bond acceptors (Lipinski definition) is 5. The van der Waals surface area contributed by atoms with Crippen LogP contribution in [-0.2, 0) is 11.3 Å². The first-order chi connectivity index (χ1) is 13.3. The summed E-state index contributed by atoms with van der Waals surface area (Å²) in [6.45, 7) is 2.98. The summed E-state index contributed by atoms with van der Waals surface area (Å²) in [5, 5.41) is 6.76. The van der Waals surface area contributed by atoms with Crippen LogP contribution >= 0.6 is 0 Å². The predicted octanol–water partition coefficient (Wildman–Crippen LogP) is 2.72. The molecule has 1 aromatic heterocycles. The van der Waals surface area contributed by atoms with Gasteiger partial charge in [-0.2, -0.15) is 4.68 Å². The maximum Gasteiger partial charge on any atom is 0.437 e. The van der Waals surface area contributed by atoms with E-state index in [4.69, 9.17) is 4.42 Å². The Morgan fingerprint density at radius 3 is 2.39 bits per heavy atom. The lowest BCUT2D eigenvalue weighted by molar-refractivity contribution is -0.119. The number of Topliss-reactive ketones (excluding diaryl/α,β-unsaturated/α-hetero) is 1. The molecule has 0 fully saturated rings.